The molecular weight excluding hydrogens is 430 g/mol. The number of hydrogen-bond donors (Lipinski definition) is 0. The number of piperazine rings is 1. The van der Waals surface area contributed by atoms with E-state index in [1.54, 1.807) is 16.7 Å². The highest BCUT2D eigenvalue weighted by atomic mass is 32.2. The second kappa shape index (κ2) is 8.88. The molecule has 2 fully saturated rings. The summed E-state index contributed by atoms with van der Waals surface area (Å²) >= 11 is 0.621. The standard InChI is InChI=1S/C20H24F6N2OS/c1-13-10-15(21)16(11-17(13)30-12-20(24,25)26)27-6-8-28(9-7-27)18(29)14-2-4-19(22,23)5-3-14/h10-11,14H,2-9,12H2,1H3. The number of hydrogen-bond acceptors (Lipinski definition) is 3. The van der Waals surface area contributed by atoms with Crippen LogP contribution < -0.4 is 4.90 Å². The molecule has 0 bridgehead atoms. The number of alkyl halides is 5. The molecule has 1 saturated carbocycles. The molecule has 1 saturated heterocycles. The Hall–Kier alpha value is -1.58. The average molecular weight is 454 g/mol. The molecule has 1 aromatic carbocycles. The number of carbonyl (C=O) groups excluding carboxylic acids is 1. The van der Waals surface area contributed by atoms with Gasteiger partial charge in [-0.25, -0.2) is 13.2 Å². The van der Waals surface area contributed by atoms with Gasteiger partial charge in [-0.15, -0.1) is 11.8 Å². The molecule has 1 heterocycles. The van der Waals surface area contributed by atoms with E-state index in [-0.39, 0.29) is 37.3 Å². The molecule has 3 nitrogen and oxygen atoms in total. The molecule has 30 heavy (non-hydrogen) atoms. The van der Waals surface area contributed by atoms with Crippen LogP contribution in [0, 0.1) is 18.7 Å². The summed E-state index contributed by atoms with van der Waals surface area (Å²) in [6.07, 6.45) is -4.55. The zero-order valence-electron chi connectivity index (χ0n) is 16.6. The van der Waals surface area contributed by atoms with Gasteiger partial charge in [-0.05, 0) is 37.5 Å². The number of anilines is 1. The molecular formula is C20H24F6N2OS. The molecule has 3 rings (SSSR count). The van der Waals surface area contributed by atoms with E-state index in [1.165, 1.54) is 12.1 Å². The molecule has 1 amide bonds. The number of nitrogens with zero attached hydrogens (tertiary/aromatic N) is 2. The van der Waals surface area contributed by atoms with Crippen LogP contribution in [-0.2, 0) is 4.79 Å². The van der Waals surface area contributed by atoms with E-state index in [9.17, 15) is 31.1 Å². The van der Waals surface area contributed by atoms with Crippen molar-refractivity contribution in [1.82, 2.24) is 4.90 Å². The van der Waals surface area contributed by atoms with Crippen LogP contribution in [0.15, 0.2) is 17.0 Å². The monoisotopic (exact) mass is 454 g/mol. The van der Waals surface area contributed by atoms with Crippen molar-refractivity contribution in [2.75, 3.05) is 36.8 Å². The molecule has 1 aliphatic heterocycles. The van der Waals surface area contributed by atoms with Crippen LogP contribution in [0.4, 0.5) is 32.0 Å². The van der Waals surface area contributed by atoms with Crippen molar-refractivity contribution in [3.63, 3.8) is 0 Å². The van der Waals surface area contributed by atoms with Crippen molar-refractivity contribution < 1.29 is 31.1 Å². The second-order valence-corrected chi connectivity index (χ2v) is 8.93. The quantitative estimate of drug-likeness (QED) is 0.458. The van der Waals surface area contributed by atoms with E-state index in [0.717, 1.165) is 0 Å². The van der Waals surface area contributed by atoms with Gasteiger partial charge < -0.3 is 9.80 Å². The molecule has 10 heteroatoms. The Bertz CT molecular complexity index is 767. The lowest BCUT2D eigenvalue weighted by Crippen LogP contribution is -2.51. The number of amides is 1. The lowest BCUT2D eigenvalue weighted by molar-refractivity contribution is -0.140. The topological polar surface area (TPSA) is 23.6 Å². The van der Waals surface area contributed by atoms with Crippen molar-refractivity contribution in [3.8, 4) is 0 Å². The molecule has 0 N–H and O–H groups in total. The van der Waals surface area contributed by atoms with Gasteiger partial charge in [-0.1, -0.05) is 0 Å². The Balaban J connectivity index is 1.61. The van der Waals surface area contributed by atoms with Crippen molar-refractivity contribution in [2.45, 2.75) is 49.6 Å². The third-order valence-corrected chi connectivity index (χ3v) is 6.86. The Morgan fingerprint density at radius 2 is 1.73 bits per heavy atom. The largest absolute Gasteiger partial charge is 0.398 e. The van der Waals surface area contributed by atoms with Crippen molar-refractivity contribution in [1.29, 1.82) is 0 Å². The minimum atomic E-state index is -4.32. The summed E-state index contributed by atoms with van der Waals surface area (Å²) in [5.41, 5.74) is 0.656. The first-order valence-electron chi connectivity index (χ1n) is 9.86. The second-order valence-electron chi connectivity index (χ2n) is 7.92. The van der Waals surface area contributed by atoms with Crippen molar-refractivity contribution in [2.24, 2.45) is 5.92 Å². The molecule has 0 unspecified atom stereocenters. The maximum Gasteiger partial charge on any atom is 0.398 e. The molecule has 2 aliphatic rings. The van der Waals surface area contributed by atoms with Gasteiger partial charge in [0.25, 0.3) is 0 Å². The van der Waals surface area contributed by atoms with Crippen LogP contribution >= 0.6 is 11.8 Å². The van der Waals surface area contributed by atoms with Gasteiger partial charge in [0.05, 0.1) is 11.4 Å². The van der Waals surface area contributed by atoms with Crippen LogP contribution in [0.5, 0.6) is 0 Å². The van der Waals surface area contributed by atoms with Gasteiger partial charge in [-0.2, -0.15) is 13.2 Å². The number of aryl methyl sites for hydroxylation is 1. The smallest absolute Gasteiger partial charge is 0.366 e. The highest BCUT2D eigenvalue weighted by molar-refractivity contribution is 7.99. The van der Waals surface area contributed by atoms with Crippen LogP contribution in [0.1, 0.15) is 31.2 Å². The predicted octanol–water partition coefficient (Wildman–Crippen LogP) is 5.26. The lowest BCUT2D eigenvalue weighted by atomic mass is 9.86. The third-order valence-electron chi connectivity index (χ3n) is 5.63. The van der Waals surface area contributed by atoms with E-state index < -0.39 is 29.6 Å². The van der Waals surface area contributed by atoms with Gasteiger partial charge in [0.1, 0.15) is 5.82 Å². The molecule has 1 aliphatic carbocycles. The summed E-state index contributed by atoms with van der Waals surface area (Å²) in [5.74, 6) is -4.81. The van der Waals surface area contributed by atoms with Gasteiger partial charge in [0.15, 0.2) is 0 Å². The average Bonchev–Trinajstić information content (AvgIpc) is 2.66. The first kappa shape index (κ1) is 23.1. The maximum absolute atomic E-state index is 14.5. The van der Waals surface area contributed by atoms with Crippen LogP contribution in [0.2, 0.25) is 0 Å². The summed E-state index contributed by atoms with van der Waals surface area (Å²) in [5, 5.41) is 0. The summed E-state index contributed by atoms with van der Waals surface area (Å²) in [6.45, 7) is 2.87. The Kier molecular flexibility index (Phi) is 6.84. The SMILES string of the molecule is Cc1cc(F)c(N2CCN(C(=O)C3CCC(F)(F)CC3)CC2)cc1SCC(F)(F)F. The third kappa shape index (κ3) is 5.76. The number of carbonyl (C=O) groups is 1. The van der Waals surface area contributed by atoms with E-state index in [2.05, 4.69) is 0 Å². The zero-order valence-corrected chi connectivity index (χ0v) is 17.4. The van der Waals surface area contributed by atoms with Crippen LogP contribution in [0.3, 0.4) is 0 Å². The van der Waals surface area contributed by atoms with Gasteiger partial charge in [-0.3, -0.25) is 4.79 Å². The van der Waals surface area contributed by atoms with Crippen LogP contribution in [-0.4, -0.2) is 54.8 Å². The number of benzene rings is 1. The fourth-order valence-corrected chi connectivity index (χ4v) is 4.71. The summed E-state index contributed by atoms with van der Waals surface area (Å²) in [4.78, 5) is 16.3. The number of thioether (sulfide) groups is 1. The van der Waals surface area contributed by atoms with E-state index in [1.807, 2.05) is 0 Å². The summed E-state index contributed by atoms with van der Waals surface area (Å²) in [6, 6.07) is 2.66. The fraction of sp³-hybridized carbons (Fsp3) is 0.650. The van der Waals surface area contributed by atoms with Crippen LogP contribution in [0.25, 0.3) is 0 Å². The highest BCUT2D eigenvalue weighted by Gasteiger charge is 2.39. The van der Waals surface area contributed by atoms with Crippen molar-refractivity contribution in [3.05, 3.63) is 23.5 Å². The van der Waals surface area contributed by atoms with Gasteiger partial charge in [0.2, 0.25) is 11.8 Å². The fourth-order valence-electron chi connectivity index (χ4n) is 3.91. The molecule has 168 valence electrons. The first-order chi connectivity index (χ1) is 14.0. The zero-order chi connectivity index (χ0) is 22.1. The van der Waals surface area contributed by atoms with Gasteiger partial charge in [0, 0.05) is 49.8 Å². The molecule has 1 aromatic rings. The van der Waals surface area contributed by atoms with E-state index in [0.29, 0.717) is 48.4 Å². The number of rotatable bonds is 4. The summed E-state index contributed by atoms with van der Waals surface area (Å²) < 4.78 is 78.7. The summed E-state index contributed by atoms with van der Waals surface area (Å²) in [7, 11) is 0. The van der Waals surface area contributed by atoms with E-state index >= 15 is 0 Å². The molecule has 0 radical (unpaired) electrons. The Labute approximate surface area is 175 Å². The first-order valence-corrected chi connectivity index (χ1v) is 10.8. The lowest BCUT2D eigenvalue weighted by Gasteiger charge is -2.39. The number of halogens is 6. The normalized spacial score (nSPS) is 20.5. The van der Waals surface area contributed by atoms with Gasteiger partial charge >= 0.3 is 6.18 Å². The molecule has 0 spiro atoms. The molecule has 0 aromatic heterocycles. The van der Waals surface area contributed by atoms with E-state index in [4.69, 9.17) is 0 Å². The van der Waals surface area contributed by atoms with Crippen molar-refractivity contribution >= 4 is 23.4 Å². The minimum Gasteiger partial charge on any atom is -0.366 e. The Morgan fingerprint density at radius 3 is 2.30 bits per heavy atom. The predicted molar refractivity (Wildman–Crippen MR) is 104 cm³/mol. The minimum absolute atomic E-state index is 0.143. The molecule has 0 atom stereocenters. The Morgan fingerprint density at radius 1 is 1.13 bits per heavy atom. The maximum atomic E-state index is 14.5. The highest BCUT2D eigenvalue weighted by Crippen LogP contribution is 2.37.